The third-order valence-electron chi connectivity index (χ3n) is 7.45. The van der Waals surface area contributed by atoms with Crippen LogP contribution in [0.4, 0.5) is 0 Å². The zero-order valence-electron chi connectivity index (χ0n) is 19.7. The van der Waals surface area contributed by atoms with E-state index in [-0.39, 0.29) is 11.9 Å². The lowest BCUT2D eigenvalue weighted by molar-refractivity contribution is -0.140. The van der Waals surface area contributed by atoms with Crippen molar-refractivity contribution in [2.75, 3.05) is 13.1 Å². The highest BCUT2D eigenvalue weighted by molar-refractivity contribution is 5.85. The molecule has 0 radical (unpaired) electrons. The van der Waals surface area contributed by atoms with Crippen molar-refractivity contribution in [3.05, 3.63) is 95.6 Å². The van der Waals surface area contributed by atoms with Crippen LogP contribution in [0, 0.1) is 12.3 Å². The van der Waals surface area contributed by atoms with Gasteiger partial charge in [-0.1, -0.05) is 60.7 Å². The summed E-state index contributed by atoms with van der Waals surface area (Å²) < 4.78 is 0. The van der Waals surface area contributed by atoms with Crippen molar-refractivity contribution in [2.24, 2.45) is 5.41 Å². The molecule has 1 aromatic heterocycles. The van der Waals surface area contributed by atoms with Gasteiger partial charge < -0.3 is 10.0 Å². The van der Waals surface area contributed by atoms with Crippen molar-refractivity contribution in [3.63, 3.8) is 0 Å². The molecule has 3 heterocycles. The number of piperidine rings is 1. The lowest BCUT2D eigenvalue weighted by Crippen LogP contribution is -2.44. The molecule has 3 aromatic rings. The van der Waals surface area contributed by atoms with Gasteiger partial charge in [-0.25, -0.2) is 0 Å². The molecule has 2 aliphatic heterocycles. The first kappa shape index (κ1) is 22.7. The molecule has 5 rings (SSSR count). The Labute approximate surface area is 201 Å². The number of benzene rings is 2. The van der Waals surface area contributed by atoms with Crippen molar-refractivity contribution in [2.45, 2.75) is 51.4 Å². The quantitative estimate of drug-likeness (QED) is 0.609. The molecule has 6 heteroatoms. The summed E-state index contributed by atoms with van der Waals surface area (Å²) in [6.07, 6.45) is 5.23. The minimum Gasteiger partial charge on any atom is -0.386 e. The molecule has 34 heavy (non-hydrogen) atoms. The fourth-order valence-corrected chi connectivity index (χ4v) is 5.46. The predicted molar refractivity (Wildman–Crippen MR) is 131 cm³/mol. The van der Waals surface area contributed by atoms with Crippen LogP contribution in [0.5, 0.6) is 0 Å². The minimum absolute atomic E-state index is 0.186. The Bertz CT molecular complexity index is 1100. The van der Waals surface area contributed by atoms with Crippen LogP contribution >= 0.6 is 0 Å². The molecule has 0 unspecified atom stereocenters. The van der Waals surface area contributed by atoms with Crippen molar-refractivity contribution in [3.8, 4) is 0 Å². The summed E-state index contributed by atoms with van der Waals surface area (Å²) in [5, 5.41) is 11.4. The fourth-order valence-electron chi connectivity index (χ4n) is 5.46. The molecule has 176 valence electrons. The van der Waals surface area contributed by atoms with Crippen molar-refractivity contribution >= 4 is 5.91 Å². The summed E-state index contributed by atoms with van der Waals surface area (Å²) in [6, 6.07) is 19.6. The Morgan fingerprint density at radius 3 is 2.29 bits per heavy atom. The Morgan fingerprint density at radius 1 is 0.971 bits per heavy atom. The summed E-state index contributed by atoms with van der Waals surface area (Å²) in [7, 11) is 0. The predicted octanol–water partition coefficient (Wildman–Crippen LogP) is 3.90. The smallest absolute Gasteiger partial charge is 0.229 e. The van der Waals surface area contributed by atoms with Gasteiger partial charge in [0.15, 0.2) is 0 Å². The van der Waals surface area contributed by atoms with Gasteiger partial charge in [0.05, 0.1) is 28.9 Å². The summed E-state index contributed by atoms with van der Waals surface area (Å²) in [6.45, 7) is 4.90. The second-order valence-corrected chi connectivity index (χ2v) is 9.75. The molecule has 1 spiro atoms. The first-order valence-electron chi connectivity index (χ1n) is 12.1. The number of carbonyl (C=O) groups is 1. The molecule has 6 nitrogen and oxygen atoms in total. The van der Waals surface area contributed by atoms with Crippen LogP contribution in [-0.4, -0.2) is 49.9 Å². The van der Waals surface area contributed by atoms with Crippen molar-refractivity contribution < 1.29 is 9.90 Å². The summed E-state index contributed by atoms with van der Waals surface area (Å²) in [5.41, 5.74) is 3.42. The Balaban J connectivity index is 1.34. The highest BCUT2D eigenvalue weighted by Gasteiger charge is 2.54. The monoisotopic (exact) mass is 456 g/mol. The van der Waals surface area contributed by atoms with Gasteiger partial charge in [-0.05, 0) is 50.4 Å². The number of aliphatic hydroxyl groups is 1. The zero-order valence-corrected chi connectivity index (χ0v) is 19.7. The molecule has 0 saturated carbocycles. The molecular weight excluding hydrogens is 424 g/mol. The lowest BCUT2D eigenvalue weighted by Gasteiger charge is -2.37. The third kappa shape index (κ3) is 4.61. The van der Waals surface area contributed by atoms with E-state index >= 15 is 0 Å². The average Bonchev–Trinajstić information content (AvgIpc) is 3.14. The van der Waals surface area contributed by atoms with Crippen LogP contribution in [0.15, 0.2) is 73.1 Å². The van der Waals surface area contributed by atoms with Gasteiger partial charge in [0.25, 0.3) is 0 Å². The Kier molecular flexibility index (Phi) is 6.44. The summed E-state index contributed by atoms with van der Waals surface area (Å²) >= 11 is 0. The normalized spacial score (nSPS) is 21.2. The number of carbonyl (C=O) groups excluding carboxylic acids is 1. The van der Waals surface area contributed by atoms with E-state index in [0.717, 1.165) is 55.0 Å². The maximum Gasteiger partial charge on any atom is 0.229 e. The highest BCUT2D eigenvalue weighted by Crippen LogP contribution is 2.48. The van der Waals surface area contributed by atoms with Crippen LogP contribution in [0.25, 0.3) is 0 Å². The van der Waals surface area contributed by atoms with Gasteiger partial charge >= 0.3 is 0 Å². The third-order valence-corrected chi connectivity index (χ3v) is 7.45. The van der Waals surface area contributed by atoms with Gasteiger partial charge in [0.1, 0.15) is 0 Å². The van der Waals surface area contributed by atoms with E-state index in [1.54, 1.807) is 6.20 Å². The van der Waals surface area contributed by atoms with E-state index in [1.807, 2.05) is 66.6 Å². The van der Waals surface area contributed by atoms with E-state index in [9.17, 15) is 9.90 Å². The first-order valence-corrected chi connectivity index (χ1v) is 12.1. The SMILES string of the molecule is Cc1cnc(CN2CCC3(CC2)C[C@@H]([C@H](O)c2ccccc2)N(Cc2ccccc2)C3=O)cn1. The van der Waals surface area contributed by atoms with Gasteiger partial charge in [-0.2, -0.15) is 0 Å². The van der Waals surface area contributed by atoms with E-state index in [0.29, 0.717) is 13.0 Å². The molecule has 1 N–H and O–H groups in total. The van der Waals surface area contributed by atoms with Gasteiger partial charge in [0.2, 0.25) is 5.91 Å². The van der Waals surface area contributed by atoms with Crippen LogP contribution in [-0.2, 0) is 17.9 Å². The molecule has 2 aromatic carbocycles. The number of aromatic nitrogens is 2. The molecule has 2 atom stereocenters. The molecular formula is C28H32N4O2. The Hall–Kier alpha value is -3.09. The Morgan fingerprint density at radius 2 is 1.65 bits per heavy atom. The molecule has 0 aliphatic carbocycles. The van der Waals surface area contributed by atoms with Gasteiger partial charge in [0, 0.05) is 25.5 Å². The molecule has 1 amide bonds. The molecule has 0 bridgehead atoms. The van der Waals surface area contributed by atoms with Gasteiger partial charge in [-0.3, -0.25) is 19.7 Å². The van der Waals surface area contributed by atoms with Crippen molar-refractivity contribution in [1.29, 1.82) is 0 Å². The average molecular weight is 457 g/mol. The zero-order chi connectivity index (χ0) is 23.5. The maximum atomic E-state index is 13.9. The van der Waals surface area contributed by atoms with Crippen LogP contribution in [0.1, 0.15) is 47.9 Å². The lowest BCUT2D eigenvalue weighted by atomic mass is 9.75. The van der Waals surface area contributed by atoms with Gasteiger partial charge in [-0.15, -0.1) is 0 Å². The molecule has 2 saturated heterocycles. The second kappa shape index (κ2) is 9.65. The van der Waals surface area contributed by atoms with Crippen LogP contribution in [0.3, 0.4) is 0 Å². The number of hydrogen-bond acceptors (Lipinski definition) is 5. The number of hydrogen-bond donors (Lipinski definition) is 1. The molecule has 2 fully saturated rings. The van der Waals surface area contributed by atoms with Crippen LogP contribution in [0.2, 0.25) is 0 Å². The van der Waals surface area contributed by atoms with E-state index in [1.165, 1.54) is 0 Å². The fraction of sp³-hybridized carbons (Fsp3) is 0.393. The highest BCUT2D eigenvalue weighted by atomic mass is 16.3. The number of likely N-dealkylation sites (tertiary alicyclic amines) is 2. The number of aliphatic hydroxyl groups excluding tert-OH is 1. The number of amides is 1. The number of nitrogens with zero attached hydrogens (tertiary/aromatic N) is 4. The summed E-state index contributed by atoms with van der Waals surface area (Å²) in [4.78, 5) is 27.1. The number of rotatable bonds is 6. The van der Waals surface area contributed by atoms with E-state index in [2.05, 4.69) is 27.0 Å². The standard InChI is InChI=1S/C28H32N4O2/c1-21-17-30-24(18-29-21)20-31-14-12-28(13-15-31)16-25(26(33)23-10-6-3-7-11-23)32(27(28)34)19-22-8-4-2-5-9-22/h2-11,17-18,25-26,33H,12-16,19-20H2,1H3/t25-,26+/m0/s1. The van der Waals surface area contributed by atoms with E-state index < -0.39 is 11.5 Å². The van der Waals surface area contributed by atoms with Crippen LogP contribution < -0.4 is 0 Å². The largest absolute Gasteiger partial charge is 0.386 e. The minimum atomic E-state index is -0.700. The van der Waals surface area contributed by atoms with E-state index in [4.69, 9.17) is 0 Å². The molecule has 2 aliphatic rings. The topological polar surface area (TPSA) is 69.6 Å². The second-order valence-electron chi connectivity index (χ2n) is 9.75. The number of aryl methyl sites for hydroxylation is 1. The maximum absolute atomic E-state index is 13.9. The van der Waals surface area contributed by atoms with Crippen molar-refractivity contribution in [1.82, 2.24) is 19.8 Å². The summed E-state index contributed by atoms with van der Waals surface area (Å²) in [5.74, 6) is 0.186. The first-order chi connectivity index (χ1) is 16.5.